The van der Waals surface area contributed by atoms with E-state index < -0.39 is 0 Å². The van der Waals surface area contributed by atoms with Crippen LogP contribution in [0.1, 0.15) is 58.9 Å². The molecule has 47 heavy (non-hydrogen) atoms. The van der Waals surface area contributed by atoms with Crippen LogP contribution in [0.3, 0.4) is 0 Å². The lowest BCUT2D eigenvalue weighted by Crippen LogP contribution is -2.06. The van der Waals surface area contributed by atoms with Crippen molar-refractivity contribution >= 4 is 5.57 Å². The Hall–Kier alpha value is -5.08. The Kier molecular flexibility index (Phi) is 15.0. The summed E-state index contributed by atoms with van der Waals surface area (Å²) in [6.45, 7) is 24.8. The van der Waals surface area contributed by atoms with Gasteiger partial charge in [-0.2, -0.15) is 0 Å². The van der Waals surface area contributed by atoms with Crippen molar-refractivity contribution in [1.29, 1.82) is 0 Å². The molecule has 2 aromatic heterocycles. The molecule has 2 nitrogen and oxygen atoms in total. The maximum atomic E-state index is 4.74. The Labute approximate surface area is 284 Å². The monoisotopic (exact) mass is 618 g/mol. The van der Waals surface area contributed by atoms with Crippen molar-refractivity contribution < 1.29 is 0 Å². The minimum absolute atomic E-state index is 0.289. The van der Waals surface area contributed by atoms with E-state index in [-0.39, 0.29) is 5.92 Å². The number of nitrogens with zero attached hydrogens (tertiary/aromatic N) is 2. The highest BCUT2D eigenvalue weighted by Gasteiger charge is 2.19. The summed E-state index contributed by atoms with van der Waals surface area (Å²) in [4.78, 5) is 9.19. The number of rotatable bonds is 15. The van der Waals surface area contributed by atoms with E-state index in [9.17, 15) is 0 Å². The average Bonchev–Trinajstić information content (AvgIpc) is 3.11. The Balaban J connectivity index is 2.12. The molecule has 0 aromatic carbocycles. The third kappa shape index (κ3) is 10.5. The molecule has 2 heteroatoms. The first kappa shape index (κ1) is 36.4. The number of aromatic nitrogens is 2. The topological polar surface area (TPSA) is 25.8 Å². The van der Waals surface area contributed by atoms with Crippen LogP contribution in [-0.2, 0) is 0 Å². The van der Waals surface area contributed by atoms with Crippen molar-refractivity contribution in [3.8, 4) is 11.4 Å². The predicted octanol–water partition coefficient (Wildman–Crippen LogP) is 12.6. The fourth-order valence-corrected chi connectivity index (χ4v) is 5.54. The molecule has 0 bridgehead atoms. The van der Waals surface area contributed by atoms with Crippen molar-refractivity contribution in [2.75, 3.05) is 0 Å². The van der Waals surface area contributed by atoms with Crippen LogP contribution in [0.15, 0.2) is 193 Å². The van der Waals surface area contributed by atoms with Crippen LogP contribution >= 0.6 is 0 Å². The molecule has 1 aliphatic rings. The third-order valence-electron chi connectivity index (χ3n) is 8.30. The molecule has 0 spiro atoms. The predicted molar refractivity (Wildman–Crippen MR) is 207 cm³/mol. The first-order valence-corrected chi connectivity index (χ1v) is 16.5. The van der Waals surface area contributed by atoms with E-state index in [0.717, 1.165) is 64.9 Å². The molecule has 1 atom stereocenters. The summed E-state index contributed by atoms with van der Waals surface area (Å²) in [5.41, 5.74) is 12.3. The van der Waals surface area contributed by atoms with Crippen LogP contribution in [0.4, 0.5) is 0 Å². The number of hydrogen-bond donors (Lipinski definition) is 0. The molecule has 0 aliphatic heterocycles. The van der Waals surface area contributed by atoms with Crippen LogP contribution in [0.5, 0.6) is 0 Å². The zero-order valence-corrected chi connectivity index (χ0v) is 28.8. The summed E-state index contributed by atoms with van der Waals surface area (Å²) in [6, 6.07) is 10.0. The number of allylic oxidation sites excluding steroid dienone is 22. The zero-order valence-electron chi connectivity index (χ0n) is 28.8. The van der Waals surface area contributed by atoms with Gasteiger partial charge in [0.25, 0.3) is 0 Å². The standard InChI is InChI=1S/C45H50N2/c1-9-14-27-42(36(8)34(6)23-20-26-38(13-5)37(12-4)21-10-2)45(39-24-16-15-17-25-39)40(22-11-3)32-35(7)41-29-30-44(47-33-41)43-28-18-19-31-46-43/h9-14,16,18-22,24,26-34H,1,3-5,15,17,23,25H2,2,6-8H3/b21-10-,26-20-,27-14-,35-32+,38-37+,40-22?,42-36-,45-39?. The first-order chi connectivity index (χ1) is 22.9. The van der Waals surface area contributed by atoms with Gasteiger partial charge in [0, 0.05) is 12.4 Å². The molecule has 0 radical (unpaired) electrons. The number of pyridine rings is 2. The molecule has 0 saturated carbocycles. The SMILES string of the molecule is C=CC=C(/C=C(\C)c1ccc(-c2ccccn2)nc1)C(=C1C=CCCC1)C(/C=C\C=C)=C(/C)C(C)C\C=C/C(C=C)=C(C=C)/C=C\C. The zero-order chi connectivity index (χ0) is 34.0. The molecule has 0 amide bonds. The second kappa shape index (κ2) is 19.4. The summed E-state index contributed by atoms with van der Waals surface area (Å²) in [6.07, 6.45) is 37.1. The van der Waals surface area contributed by atoms with Crippen molar-refractivity contribution in [2.45, 2.75) is 53.4 Å². The van der Waals surface area contributed by atoms with Gasteiger partial charge in [-0.15, -0.1) is 0 Å². The minimum atomic E-state index is 0.289. The van der Waals surface area contributed by atoms with Crippen molar-refractivity contribution in [2.24, 2.45) is 5.92 Å². The molecule has 0 saturated heterocycles. The van der Waals surface area contributed by atoms with Gasteiger partial charge >= 0.3 is 0 Å². The summed E-state index contributed by atoms with van der Waals surface area (Å²) < 4.78 is 0. The van der Waals surface area contributed by atoms with E-state index in [2.05, 4.69) is 107 Å². The molecular weight excluding hydrogens is 569 g/mol. The summed E-state index contributed by atoms with van der Waals surface area (Å²) in [5.74, 6) is 0.289. The van der Waals surface area contributed by atoms with E-state index in [4.69, 9.17) is 4.98 Å². The smallest absolute Gasteiger partial charge is 0.0886 e. The van der Waals surface area contributed by atoms with Gasteiger partial charge in [-0.3, -0.25) is 9.97 Å². The van der Waals surface area contributed by atoms with E-state index >= 15 is 0 Å². The first-order valence-electron chi connectivity index (χ1n) is 16.5. The largest absolute Gasteiger partial charge is 0.255 e. The normalized spacial score (nSPS) is 17.0. The second-order valence-electron chi connectivity index (χ2n) is 11.6. The lowest BCUT2D eigenvalue weighted by molar-refractivity contribution is 0.689. The van der Waals surface area contributed by atoms with Gasteiger partial charge in [0.2, 0.25) is 0 Å². The van der Waals surface area contributed by atoms with Gasteiger partial charge in [0.15, 0.2) is 0 Å². The van der Waals surface area contributed by atoms with E-state index in [0.29, 0.717) is 0 Å². The second-order valence-corrected chi connectivity index (χ2v) is 11.6. The summed E-state index contributed by atoms with van der Waals surface area (Å²) >= 11 is 0. The van der Waals surface area contributed by atoms with Gasteiger partial charge in [0.1, 0.15) is 0 Å². The Morgan fingerprint density at radius 3 is 2.28 bits per heavy atom. The highest BCUT2D eigenvalue weighted by atomic mass is 14.8. The highest BCUT2D eigenvalue weighted by Crippen LogP contribution is 2.36. The van der Waals surface area contributed by atoms with Gasteiger partial charge in [0.05, 0.1) is 11.4 Å². The Morgan fingerprint density at radius 1 is 0.915 bits per heavy atom. The maximum Gasteiger partial charge on any atom is 0.0886 e. The van der Waals surface area contributed by atoms with Crippen LogP contribution in [0, 0.1) is 5.92 Å². The molecular formula is C45H50N2. The van der Waals surface area contributed by atoms with E-state index in [1.165, 1.54) is 22.3 Å². The summed E-state index contributed by atoms with van der Waals surface area (Å²) in [7, 11) is 0. The van der Waals surface area contributed by atoms with Crippen molar-refractivity contribution in [1.82, 2.24) is 9.97 Å². The number of hydrogen-bond acceptors (Lipinski definition) is 2. The van der Waals surface area contributed by atoms with E-state index in [1.54, 1.807) is 6.20 Å². The molecule has 2 heterocycles. The maximum absolute atomic E-state index is 4.74. The van der Waals surface area contributed by atoms with Crippen LogP contribution < -0.4 is 0 Å². The van der Waals surface area contributed by atoms with Crippen LogP contribution in [0.25, 0.3) is 17.0 Å². The quantitative estimate of drug-likeness (QED) is 0.186. The van der Waals surface area contributed by atoms with Gasteiger partial charge in [-0.1, -0.05) is 136 Å². The highest BCUT2D eigenvalue weighted by molar-refractivity contribution is 5.73. The third-order valence-corrected chi connectivity index (χ3v) is 8.30. The van der Waals surface area contributed by atoms with Crippen LogP contribution in [0.2, 0.25) is 0 Å². The lowest BCUT2D eigenvalue weighted by atomic mass is 9.82. The molecule has 240 valence electrons. The lowest BCUT2D eigenvalue weighted by Gasteiger charge is -2.23. The fourth-order valence-electron chi connectivity index (χ4n) is 5.54. The van der Waals surface area contributed by atoms with E-state index in [1.807, 2.05) is 73.8 Å². The Bertz CT molecular complexity index is 1690. The molecule has 0 fully saturated rings. The minimum Gasteiger partial charge on any atom is -0.255 e. The van der Waals surface area contributed by atoms with Crippen molar-refractivity contribution in [3.05, 3.63) is 199 Å². The fraction of sp³-hybridized carbons (Fsp3) is 0.200. The molecule has 3 rings (SSSR count). The molecule has 1 aliphatic carbocycles. The van der Waals surface area contributed by atoms with Gasteiger partial charge in [-0.05, 0) is 115 Å². The molecule has 1 unspecified atom stereocenters. The van der Waals surface area contributed by atoms with Gasteiger partial charge < -0.3 is 0 Å². The average molecular weight is 619 g/mol. The molecule has 2 aromatic rings. The van der Waals surface area contributed by atoms with Gasteiger partial charge in [-0.25, -0.2) is 0 Å². The Morgan fingerprint density at radius 2 is 1.68 bits per heavy atom. The van der Waals surface area contributed by atoms with Crippen LogP contribution in [-0.4, -0.2) is 9.97 Å². The molecule has 0 N–H and O–H groups in total. The van der Waals surface area contributed by atoms with Crippen molar-refractivity contribution in [3.63, 3.8) is 0 Å². The summed E-state index contributed by atoms with van der Waals surface area (Å²) in [5, 5.41) is 0.